The third kappa shape index (κ3) is 1.51. The van der Waals surface area contributed by atoms with Gasteiger partial charge in [0.15, 0.2) is 0 Å². The summed E-state index contributed by atoms with van der Waals surface area (Å²) in [6, 6.07) is 0. The van der Waals surface area contributed by atoms with Crippen LogP contribution in [0.2, 0.25) is 0 Å². The van der Waals surface area contributed by atoms with Gasteiger partial charge >= 0.3 is 5.97 Å². The third-order valence-electron chi connectivity index (χ3n) is 1.56. The molecular weight excluding hydrogens is 128 g/mol. The van der Waals surface area contributed by atoms with Crippen LogP contribution in [0.4, 0.5) is 0 Å². The zero-order valence-electron chi connectivity index (χ0n) is 6.02. The molecule has 54 valence electrons. The standard InChI is InChI=1S/C8H10O2/c1-10-8(9)7-5-3-2-4-6-7/h7H,2-3,5H2,1H3/t7-/m1/s1. The SMILES string of the molecule is COC(=O)[C@H]1C#CCCC1. The van der Waals surface area contributed by atoms with E-state index in [0.29, 0.717) is 0 Å². The van der Waals surface area contributed by atoms with Gasteiger partial charge in [-0.2, -0.15) is 0 Å². The van der Waals surface area contributed by atoms with Gasteiger partial charge in [-0.15, -0.1) is 5.92 Å². The minimum absolute atomic E-state index is 0.154. The summed E-state index contributed by atoms with van der Waals surface area (Å²) in [5.41, 5.74) is 0. The van der Waals surface area contributed by atoms with Crippen molar-refractivity contribution in [2.24, 2.45) is 5.92 Å². The predicted molar refractivity (Wildman–Crippen MR) is 37.1 cm³/mol. The molecule has 0 saturated heterocycles. The third-order valence-corrected chi connectivity index (χ3v) is 1.56. The van der Waals surface area contributed by atoms with Crippen LogP contribution < -0.4 is 0 Å². The maximum Gasteiger partial charge on any atom is 0.320 e. The molecular formula is C8H10O2. The van der Waals surface area contributed by atoms with Gasteiger partial charge in [0.2, 0.25) is 0 Å². The van der Waals surface area contributed by atoms with Gasteiger partial charge in [-0.25, -0.2) is 0 Å². The molecule has 0 aromatic heterocycles. The highest BCUT2D eigenvalue weighted by molar-refractivity contribution is 5.75. The van der Waals surface area contributed by atoms with E-state index in [1.807, 2.05) is 0 Å². The Bertz CT molecular complexity index is 185. The summed E-state index contributed by atoms with van der Waals surface area (Å²) in [6.07, 6.45) is 2.81. The van der Waals surface area contributed by atoms with E-state index in [4.69, 9.17) is 0 Å². The molecule has 2 heteroatoms. The molecule has 0 heterocycles. The van der Waals surface area contributed by atoms with Gasteiger partial charge in [0.1, 0.15) is 5.92 Å². The monoisotopic (exact) mass is 138 g/mol. The van der Waals surface area contributed by atoms with Gasteiger partial charge in [-0.3, -0.25) is 4.79 Å². The van der Waals surface area contributed by atoms with Crippen molar-refractivity contribution >= 4 is 5.97 Å². The number of methoxy groups -OCH3 is 1. The fourth-order valence-corrected chi connectivity index (χ4v) is 0.981. The number of hydrogen-bond donors (Lipinski definition) is 0. The lowest BCUT2D eigenvalue weighted by molar-refractivity contribution is -0.143. The lowest BCUT2D eigenvalue weighted by Gasteiger charge is -2.09. The summed E-state index contributed by atoms with van der Waals surface area (Å²) in [5, 5.41) is 0. The first kappa shape index (κ1) is 7.14. The smallest absolute Gasteiger partial charge is 0.320 e. The predicted octanol–water partition coefficient (Wildman–Crippen LogP) is 0.963. The lowest BCUT2D eigenvalue weighted by Crippen LogP contribution is -2.15. The van der Waals surface area contributed by atoms with Crippen molar-refractivity contribution in [2.45, 2.75) is 19.3 Å². The van der Waals surface area contributed by atoms with Gasteiger partial charge in [0.05, 0.1) is 7.11 Å². The Labute approximate surface area is 60.6 Å². The van der Waals surface area contributed by atoms with Gasteiger partial charge in [-0.1, -0.05) is 5.92 Å². The molecule has 0 bridgehead atoms. The topological polar surface area (TPSA) is 26.3 Å². The molecule has 2 nitrogen and oxygen atoms in total. The first-order valence-electron chi connectivity index (χ1n) is 3.41. The molecule has 0 fully saturated rings. The highest BCUT2D eigenvalue weighted by atomic mass is 16.5. The summed E-state index contributed by atoms with van der Waals surface area (Å²) in [4.78, 5) is 10.8. The first-order chi connectivity index (χ1) is 4.84. The number of carbonyl (C=O) groups is 1. The van der Waals surface area contributed by atoms with Gasteiger partial charge in [-0.05, 0) is 12.8 Å². The maximum absolute atomic E-state index is 10.8. The Morgan fingerprint density at radius 1 is 1.70 bits per heavy atom. The second-order valence-corrected chi connectivity index (χ2v) is 2.29. The van der Waals surface area contributed by atoms with Crippen molar-refractivity contribution in [3.8, 4) is 11.8 Å². The van der Waals surface area contributed by atoms with E-state index in [9.17, 15) is 4.79 Å². The zero-order valence-corrected chi connectivity index (χ0v) is 6.02. The molecule has 1 rings (SSSR count). The van der Waals surface area contributed by atoms with E-state index >= 15 is 0 Å². The summed E-state index contributed by atoms with van der Waals surface area (Å²) in [7, 11) is 1.40. The highest BCUT2D eigenvalue weighted by Gasteiger charge is 2.17. The van der Waals surface area contributed by atoms with Gasteiger partial charge < -0.3 is 4.74 Å². The lowest BCUT2D eigenvalue weighted by atomic mass is 9.99. The van der Waals surface area contributed by atoms with Crippen molar-refractivity contribution in [1.82, 2.24) is 0 Å². The average molecular weight is 138 g/mol. The van der Waals surface area contributed by atoms with E-state index < -0.39 is 0 Å². The normalized spacial score (nSPS) is 22.7. The van der Waals surface area contributed by atoms with Crippen LogP contribution in [0.5, 0.6) is 0 Å². The molecule has 1 atom stereocenters. The second-order valence-electron chi connectivity index (χ2n) is 2.29. The molecule has 0 aliphatic heterocycles. The summed E-state index contributed by atoms with van der Waals surface area (Å²) in [6.45, 7) is 0. The largest absolute Gasteiger partial charge is 0.468 e. The van der Waals surface area contributed by atoms with Crippen LogP contribution in [0.25, 0.3) is 0 Å². The molecule has 0 spiro atoms. The summed E-state index contributed by atoms with van der Waals surface area (Å²) in [5.74, 6) is 5.40. The Hall–Kier alpha value is -0.970. The van der Waals surface area contributed by atoms with Crippen molar-refractivity contribution < 1.29 is 9.53 Å². The summed E-state index contributed by atoms with van der Waals surface area (Å²) >= 11 is 0. The highest BCUT2D eigenvalue weighted by Crippen LogP contribution is 2.12. The fraction of sp³-hybridized carbons (Fsp3) is 0.625. The number of hydrogen-bond acceptors (Lipinski definition) is 2. The molecule has 1 aliphatic rings. The molecule has 10 heavy (non-hydrogen) atoms. The number of rotatable bonds is 1. The Kier molecular flexibility index (Phi) is 2.33. The van der Waals surface area contributed by atoms with E-state index in [1.165, 1.54) is 7.11 Å². The molecule has 0 N–H and O–H groups in total. The van der Waals surface area contributed by atoms with Crippen LogP contribution in [0, 0.1) is 17.8 Å². The molecule has 0 aromatic rings. The summed E-state index contributed by atoms with van der Waals surface area (Å²) < 4.78 is 4.55. The average Bonchev–Trinajstić information content (AvgIpc) is 2.05. The second kappa shape index (κ2) is 3.26. The Morgan fingerprint density at radius 2 is 2.50 bits per heavy atom. The molecule has 0 amide bonds. The van der Waals surface area contributed by atoms with Crippen LogP contribution in [-0.2, 0) is 9.53 Å². The van der Waals surface area contributed by atoms with Crippen LogP contribution in [0.1, 0.15) is 19.3 Å². The van der Waals surface area contributed by atoms with Crippen molar-refractivity contribution in [1.29, 1.82) is 0 Å². The molecule has 0 unspecified atom stereocenters. The molecule has 0 radical (unpaired) electrons. The van der Waals surface area contributed by atoms with Crippen molar-refractivity contribution in [3.05, 3.63) is 0 Å². The number of carbonyl (C=O) groups excluding carboxylic acids is 1. The molecule has 0 aromatic carbocycles. The van der Waals surface area contributed by atoms with Crippen LogP contribution >= 0.6 is 0 Å². The van der Waals surface area contributed by atoms with Crippen LogP contribution in [0.15, 0.2) is 0 Å². The minimum Gasteiger partial charge on any atom is -0.468 e. The number of esters is 1. The minimum atomic E-state index is -0.188. The quantitative estimate of drug-likeness (QED) is 0.398. The van der Waals surface area contributed by atoms with Crippen molar-refractivity contribution in [3.63, 3.8) is 0 Å². The van der Waals surface area contributed by atoms with Gasteiger partial charge in [0, 0.05) is 6.42 Å². The van der Waals surface area contributed by atoms with Crippen molar-refractivity contribution in [2.75, 3.05) is 7.11 Å². The van der Waals surface area contributed by atoms with Crippen LogP contribution in [-0.4, -0.2) is 13.1 Å². The fourth-order valence-electron chi connectivity index (χ4n) is 0.981. The van der Waals surface area contributed by atoms with E-state index in [-0.39, 0.29) is 11.9 Å². The number of ether oxygens (including phenoxy) is 1. The van der Waals surface area contributed by atoms with E-state index in [0.717, 1.165) is 19.3 Å². The Morgan fingerprint density at radius 3 is 3.00 bits per heavy atom. The zero-order chi connectivity index (χ0) is 7.40. The molecule has 1 aliphatic carbocycles. The Balaban J connectivity index is 2.52. The maximum atomic E-state index is 10.8. The first-order valence-corrected chi connectivity index (χ1v) is 3.41. The van der Waals surface area contributed by atoms with E-state index in [2.05, 4.69) is 16.6 Å². The van der Waals surface area contributed by atoms with Crippen LogP contribution in [0.3, 0.4) is 0 Å². The van der Waals surface area contributed by atoms with E-state index in [1.54, 1.807) is 0 Å². The molecule has 0 saturated carbocycles. The van der Waals surface area contributed by atoms with Gasteiger partial charge in [0.25, 0.3) is 0 Å².